The van der Waals surface area contributed by atoms with Crippen molar-refractivity contribution in [1.29, 1.82) is 0 Å². The monoisotopic (exact) mass is 312 g/mol. The van der Waals surface area contributed by atoms with Gasteiger partial charge in [-0.1, -0.05) is 28.1 Å². The zero-order chi connectivity index (χ0) is 13.5. The van der Waals surface area contributed by atoms with Crippen molar-refractivity contribution in [2.75, 3.05) is 13.1 Å². The normalized spacial score (nSPS) is 12.1. The van der Waals surface area contributed by atoms with Crippen LogP contribution >= 0.6 is 15.9 Å². The van der Waals surface area contributed by atoms with Crippen molar-refractivity contribution in [3.05, 3.63) is 34.3 Å². The molecule has 1 atom stereocenters. The van der Waals surface area contributed by atoms with Gasteiger partial charge in [0.1, 0.15) is 5.78 Å². The van der Waals surface area contributed by atoms with E-state index in [4.69, 9.17) is 5.73 Å². The van der Waals surface area contributed by atoms with Crippen LogP contribution in [0.25, 0.3) is 0 Å². The quantitative estimate of drug-likeness (QED) is 0.751. The molecule has 3 N–H and O–H groups in total. The number of carbonyl (C=O) groups excluding carboxylic acids is 2. The highest BCUT2D eigenvalue weighted by Gasteiger charge is 2.16. The lowest BCUT2D eigenvalue weighted by atomic mass is 9.92. The number of hydrogen-bond acceptors (Lipinski definition) is 3. The second-order valence-electron chi connectivity index (χ2n) is 4.15. The summed E-state index contributed by atoms with van der Waals surface area (Å²) in [6.07, 6.45) is 0.657. The van der Waals surface area contributed by atoms with Gasteiger partial charge in [0.25, 0.3) is 0 Å². The molecule has 0 saturated heterocycles. The van der Waals surface area contributed by atoms with E-state index in [9.17, 15) is 9.59 Å². The molecule has 0 heterocycles. The lowest BCUT2D eigenvalue weighted by molar-refractivity contribution is -0.118. The van der Waals surface area contributed by atoms with Gasteiger partial charge in [-0.2, -0.15) is 0 Å². The van der Waals surface area contributed by atoms with Crippen molar-refractivity contribution in [1.82, 2.24) is 5.32 Å². The Morgan fingerprint density at radius 1 is 1.33 bits per heavy atom. The Balaban J connectivity index is 2.57. The Bertz CT molecular complexity index is 418. The van der Waals surface area contributed by atoms with Gasteiger partial charge in [0, 0.05) is 10.4 Å². The lowest BCUT2D eigenvalue weighted by Crippen LogP contribution is -2.30. The molecular weight excluding hydrogens is 296 g/mol. The minimum absolute atomic E-state index is 0.123. The second kappa shape index (κ2) is 7.28. The number of benzene rings is 1. The average molecular weight is 313 g/mol. The van der Waals surface area contributed by atoms with Crippen LogP contribution in [0.3, 0.4) is 0 Å². The van der Waals surface area contributed by atoms with Crippen molar-refractivity contribution in [3.63, 3.8) is 0 Å². The number of nitrogens with two attached hydrogens (primary N) is 1. The summed E-state index contributed by atoms with van der Waals surface area (Å²) in [6.45, 7) is 2.31. The van der Waals surface area contributed by atoms with E-state index in [0.717, 1.165) is 10.0 Å². The number of primary amides is 1. The maximum absolute atomic E-state index is 11.6. The maximum Gasteiger partial charge on any atom is 0.231 e. The summed E-state index contributed by atoms with van der Waals surface area (Å²) in [7, 11) is 0. The van der Waals surface area contributed by atoms with Crippen LogP contribution in [0.4, 0.5) is 0 Å². The number of nitrogens with one attached hydrogen (secondary N) is 1. The van der Waals surface area contributed by atoms with E-state index in [1.54, 1.807) is 6.92 Å². The molecule has 1 aromatic rings. The van der Waals surface area contributed by atoms with Crippen molar-refractivity contribution in [3.8, 4) is 0 Å². The van der Waals surface area contributed by atoms with Crippen molar-refractivity contribution >= 4 is 27.6 Å². The molecule has 0 aliphatic heterocycles. The molecule has 1 amide bonds. The van der Waals surface area contributed by atoms with Gasteiger partial charge >= 0.3 is 0 Å². The molecule has 0 unspecified atom stereocenters. The average Bonchev–Trinajstić information content (AvgIpc) is 2.30. The van der Waals surface area contributed by atoms with E-state index in [0.29, 0.717) is 13.0 Å². The number of carbonyl (C=O) groups is 2. The maximum atomic E-state index is 11.6. The van der Waals surface area contributed by atoms with Gasteiger partial charge < -0.3 is 11.1 Å². The van der Waals surface area contributed by atoms with Crippen LogP contribution in [0.1, 0.15) is 24.8 Å². The number of amides is 1. The van der Waals surface area contributed by atoms with E-state index >= 15 is 0 Å². The van der Waals surface area contributed by atoms with E-state index in [1.807, 2.05) is 24.3 Å². The summed E-state index contributed by atoms with van der Waals surface area (Å²) in [4.78, 5) is 22.2. The van der Waals surface area contributed by atoms with E-state index in [2.05, 4.69) is 21.2 Å². The van der Waals surface area contributed by atoms with Gasteiger partial charge in [0.05, 0.1) is 6.54 Å². The van der Waals surface area contributed by atoms with Crippen LogP contribution in [-0.2, 0) is 9.59 Å². The van der Waals surface area contributed by atoms with Gasteiger partial charge in [0.2, 0.25) is 5.91 Å². The summed E-state index contributed by atoms with van der Waals surface area (Å²) in [5, 5.41) is 2.92. The molecule has 1 rings (SSSR count). The Hall–Kier alpha value is -1.20. The third kappa shape index (κ3) is 4.98. The molecule has 0 radical (unpaired) electrons. The van der Waals surface area contributed by atoms with Crippen molar-refractivity contribution < 1.29 is 9.59 Å². The first kappa shape index (κ1) is 14.9. The van der Waals surface area contributed by atoms with Gasteiger partial charge in [-0.25, -0.2) is 0 Å². The van der Waals surface area contributed by atoms with Crippen LogP contribution in [0.15, 0.2) is 28.7 Å². The summed E-state index contributed by atoms with van der Waals surface area (Å²) < 4.78 is 0.986. The van der Waals surface area contributed by atoms with Gasteiger partial charge in [0.15, 0.2) is 0 Å². The summed E-state index contributed by atoms with van der Waals surface area (Å²) >= 11 is 3.36. The van der Waals surface area contributed by atoms with Crippen LogP contribution in [0, 0.1) is 0 Å². The number of halogens is 1. The van der Waals surface area contributed by atoms with Gasteiger partial charge in [-0.05, 0) is 37.6 Å². The first-order valence-electron chi connectivity index (χ1n) is 5.75. The zero-order valence-corrected chi connectivity index (χ0v) is 11.9. The summed E-state index contributed by atoms with van der Waals surface area (Å²) in [5.41, 5.74) is 6.02. The molecule has 1 aromatic carbocycles. The predicted octanol–water partition coefficient (Wildman–Crippen LogP) is 1.59. The lowest BCUT2D eigenvalue weighted by Gasteiger charge is -2.14. The fourth-order valence-corrected chi connectivity index (χ4v) is 2.02. The SMILES string of the molecule is CC(=O)[C@H](CCNCC(N)=O)c1ccc(Br)cc1. The van der Waals surface area contributed by atoms with Gasteiger partial charge in [-0.3, -0.25) is 9.59 Å². The van der Waals surface area contributed by atoms with Crippen LogP contribution < -0.4 is 11.1 Å². The zero-order valence-electron chi connectivity index (χ0n) is 10.3. The van der Waals surface area contributed by atoms with Crippen LogP contribution in [-0.4, -0.2) is 24.8 Å². The molecule has 5 heteroatoms. The molecule has 98 valence electrons. The first-order chi connectivity index (χ1) is 8.50. The van der Waals surface area contributed by atoms with Crippen LogP contribution in [0.2, 0.25) is 0 Å². The number of hydrogen-bond donors (Lipinski definition) is 2. The molecule has 0 aliphatic carbocycles. The molecule has 0 fully saturated rings. The Morgan fingerprint density at radius 2 is 1.94 bits per heavy atom. The minimum atomic E-state index is -0.391. The minimum Gasteiger partial charge on any atom is -0.369 e. The fraction of sp³-hybridized carbons (Fsp3) is 0.385. The smallest absolute Gasteiger partial charge is 0.231 e. The van der Waals surface area contributed by atoms with E-state index in [1.165, 1.54) is 0 Å². The molecule has 0 aliphatic rings. The first-order valence-corrected chi connectivity index (χ1v) is 6.55. The Morgan fingerprint density at radius 3 is 2.44 bits per heavy atom. The van der Waals surface area contributed by atoms with Gasteiger partial charge in [-0.15, -0.1) is 0 Å². The highest BCUT2D eigenvalue weighted by molar-refractivity contribution is 9.10. The van der Waals surface area contributed by atoms with Crippen molar-refractivity contribution in [2.24, 2.45) is 5.73 Å². The third-order valence-electron chi connectivity index (χ3n) is 2.67. The Labute approximate surface area is 115 Å². The van der Waals surface area contributed by atoms with Crippen molar-refractivity contribution in [2.45, 2.75) is 19.3 Å². The summed E-state index contributed by atoms with van der Waals surface area (Å²) in [5.74, 6) is -0.408. The highest BCUT2D eigenvalue weighted by Crippen LogP contribution is 2.22. The third-order valence-corrected chi connectivity index (χ3v) is 3.20. The molecule has 0 aromatic heterocycles. The highest BCUT2D eigenvalue weighted by atomic mass is 79.9. The molecular formula is C13H17BrN2O2. The predicted molar refractivity (Wildman–Crippen MR) is 74.2 cm³/mol. The second-order valence-corrected chi connectivity index (χ2v) is 5.06. The number of rotatable bonds is 7. The topological polar surface area (TPSA) is 72.2 Å². The number of Topliss-reactive ketones (excluding diaryl/α,β-unsaturated/α-hetero) is 1. The van der Waals surface area contributed by atoms with Crippen LogP contribution in [0.5, 0.6) is 0 Å². The molecule has 0 spiro atoms. The van der Waals surface area contributed by atoms with E-state index < -0.39 is 5.91 Å². The summed E-state index contributed by atoms with van der Waals surface area (Å²) in [6, 6.07) is 7.71. The number of ketones is 1. The fourth-order valence-electron chi connectivity index (χ4n) is 1.76. The standard InChI is InChI=1S/C13H17BrN2O2/c1-9(17)12(6-7-16-8-13(15)18)10-2-4-11(14)5-3-10/h2-5,12,16H,6-8H2,1H3,(H2,15,18)/t12-/m0/s1. The molecule has 4 nitrogen and oxygen atoms in total. The largest absolute Gasteiger partial charge is 0.369 e. The Kier molecular flexibility index (Phi) is 6.01. The van der Waals surface area contributed by atoms with E-state index in [-0.39, 0.29) is 18.2 Å². The molecule has 0 saturated carbocycles. The molecule has 18 heavy (non-hydrogen) atoms. The molecule has 0 bridgehead atoms.